The van der Waals surface area contributed by atoms with Crippen molar-refractivity contribution in [3.8, 4) is 0 Å². The number of para-hydroxylation sites is 2. The number of benzene rings is 2. The summed E-state index contributed by atoms with van der Waals surface area (Å²) in [6.45, 7) is 10.5. The van der Waals surface area contributed by atoms with Crippen molar-refractivity contribution >= 4 is 17.2 Å². The Morgan fingerprint density at radius 3 is 1.72 bits per heavy atom. The van der Waals surface area contributed by atoms with Gasteiger partial charge in [-0.15, -0.1) is 0 Å². The van der Waals surface area contributed by atoms with Gasteiger partial charge in [-0.3, -0.25) is 4.90 Å². The second kappa shape index (κ2) is 8.17. The van der Waals surface area contributed by atoms with Crippen LogP contribution in [0.4, 0.5) is 11.4 Å². The zero-order valence-electron chi connectivity index (χ0n) is 16.4. The zero-order valence-corrected chi connectivity index (χ0v) is 16.4. The predicted molar refractivity (Wildman–Crippen MR) is 110 cm³/mol. The van der Waals surface area contributed by atoms with E-state index in [0.717, 1.165) is 17.2 Å². The van der Waals surface area contributed by atoms with E-state index in [0.29, 0.717) is 0 Å². The number of amidine groups is 1. The summed E-state index contributed by atoms with van der Waals surface area (Å²) in [6.07, 6.45) is -0.142. The summed E-state index contributed by atoms with van der Waals surface area (Å²) >= 11 is 0. The molecule has 0 saturated heterocycles. The molecule has 0 heterocycles. The fourth-order valence-electron chi connectivity index (χ4n) is 2.86. The molecule has 1 atom stereocenters. The summed E-state index contributed by atoms with van der Waals surface area (Å²) in [4.78, 5) is 6.92. The molecule has 0 aliphatic rings. The Morgan fingerprint density at radius 2 is 1.28 bits per heavy atom. The molecular formula is C21H30N4. The van der Waals surface area contributed by atoms with Gasteiger partial charge in [0.25, 0.3) is 0 Å². The normalized spacial score (nSPS) is 13.0. The minimum Gasteiger partial charge on any atom is -0.351 e. The van der Waals surface area contributed by atoms with Crippen LogP contribution in [0.3, 0.4) is 0 Å². The molecule has 0 bridgehead atoms. The fourth-order valence-corrected chi connectivity index (χ4v) is 2.86. The lowest BCUT2D eigenvalue weighted by Gasteiger charge is -2.25. The number of nitrogens with one attached hydrogen (secondary N) is 2. The maximum atomic E-state index is 4.85. The number of hydrogen-bond donors (Lipinski definition) is 2. The summed E-state index contributed by atoms with van der Waals surface area (Å²) in [5, 5.41) is 7.02. The first-order valence-electron chi connectivity index (χ1n) is 8.66. The van der Waals surface area contributed by atoms with Crippen molar-refractivity contribution in [3.63, 3.8) is 0 Å². The van der Waals surface area contributed by atoms with E-state index in [9.17, 15) is 0 Å². The van der Waals surface area contributed by atoms with Crippen LogP contribution in [-0.2, 0) is 0 Å². The average Bonchev–Trinajstić information content (AvgIpc) is 2.53. The minimum atomic E-state index is -0.142. The molecule has 0 aliphatic carbocycles. The third kappa shape index (κ3) is 4.83. The lowest BCUT2D eigenvalue weighted by Crippen LogP contribution is -2.35. The van der Waals surface area contributed by atoms with E-state index >= 15 is 0 Å². The predicted octanol–water partition coefficient (Wildman–Crippen LogP) is 4.71. The Balaban J connectivity index is 2.24. The molecule has 0 aromatic heterocycles. The van der Waals surface area contributed by atoms with Gasteiger partial charge in [0.2, 0.25) is 0 Å². The molecule has 2 N–H and O–H groups in total. The molecule has 0 spiro atoms. The van der Waals surface area contributed by atoms with Crippen LogP contribution in [0, 0.1) is 27.7 Å². The monoisotopic (exact) mass is 338 g/mol. The quantitative estimate of drug-likeness (QED) is 0.471. The van der Waals surface area contributed by atoms with Gasteiger partial charge in [0.05, 0.1) is 0 Å². The lowest BCUT2D eigenvalue weighted by molar-refractivity contribution is 0.332. The Hall–Kier alpha value is -2.33. The second-order valence-corrected chi connectivity index (χ2v) is 6.85. The minimum absolute atomic E-state index is 0.142. The highest BCUT2D eigenvalue weighted by Crippen LogP contribution is 2.22. The van der Waals surface area contributed by atoms with E-state index < -0.39 is 0 Å². The van der Waals surface area contributed by atoms with Gasteiger partial charge in [-0.1, -0.05) is 36.4 Å². The highest BCUT2D eigenvalue weighted by molar-refractivity contribution is 5.95. The van der Waals surface area contributed by atoms with Crippen LogP contribution < -0.4 is 10.6 Å². The van der Waals surface area contributed by atoms with Crippen LogP contribution in [0.5, 0.6) is 0 Å². The number of rotatable bonds is 5. The third-order valence-corrected chi connectivity index (χ3v) is 4.35. The van der Waals surface area contributed by atoms with Gasteiger partial charge in [0.15, 0.2) is 6.29 Å². The van der Waals surface area contributed by atoms with Gasteiger partial charge in [0, 0.05) is 11.4 Å². The van der Waals surface area contributed by atoms with Crippen molar-refractivity contribution in [2.75, 3.05) is 24.7 Å². The molecule has 4 nitrogen and oxygen atoms in total. The summed E-state index contributed by atoms with van der Waals surface area (Å²) in [5.41, 5.74) is 7.17. The molecule has 0 amide bonds. The SMILES string of the molecule is CC(=NC(Nc1c(C)cccc1C)N(C)C)Nc1c(C)cccc1C. The Bertz CT molecular complexity index is 722. The lowest BCUT2D eigenvalue weighted by atomic mass is 10.1. The van der Waals surface area contributed by atoms with Crippen molar-refractivity contribution in [2.24, 2.45) is 4.99 Å². The van der Waals surface area contributed by atoms with Crippen molar-refractivity contribution in [1.29, 1.82) is 0 Å². The first kappa shape index (κ1) is 19.0. The van der Waals surface area contributed by atoms with Gasteiger partial charge in [-0.2, -0.15) is 0 Å². The number of aliphatic imine (C=N–C) groups is 1. The highest BCUT2D eigenvalue weighted by atomic mass is 15.3. The average molecular weight is 338 g/mol. The summed E-state index contributed by atoms with van der Waals surface area (Å²) in [5.74, 6) is 0.884. The van der Waals surface area contributed by atoms with Crippen molar-refractivity contribution in [1.82, 2.24) is 4.90 Å². The van der Waals surface area contributed by atoms with E-state index in [1.165, 1.54) is 22.3 Å². The van der Waals surface area contributed by atoms with Crippen molar-refractivity contribution < 1.29 is 0 Å². The summed E-state index contributed by atoms with van der Waals surface area (Å²) in [6, 6.07) is 12.6. The standard InChI is InChI=1S/C21H30N4/c1-14-10-8-11-15(2)19(14)22-18(5)23-21(25(6)7)24-20-16(3)12-9-13-17(20)4/h8-13,21,24H,1-7H3,(H,22,23). The molecule has 4 heteroatoms. The summed E-state index contributed by atoms with van der Waals surface area (Å²) < 4.78 is 0. The van der Waals surface area contributed by atoms with E-state index in [1.54, 1.807) is 0 Å². The molecule has 2 aromatic rings. The largest absolute Gasteiger partial charge is 0.351 e. The van der Waals surface area contributed by atoms with Gasteiger partial charge in [-0.05, 0) is 71.0 Å². The highest BCUT2D eigenvalue weighted by Gasteiger charge is 2.13. The van der Waals surface area contributed by atoms with Crippen molar-refractivity contribution in [3.05, 3.63) is 58.7 Å². The Morgan fingerprint density at radius 1 is 0.840 bits per heavy atom. The van der Waals surface area contributed by atoms with Gasteiger partial charge in [-0.25, -0.2) is 4.99 Å². The van der Waals surface area contributed by atoms with Crippen LogP contribution in [0.15, 0.2) is 41.4 Å². The zero-order chi connectivity index (χ0) is 18.6. The molecule has 0 radical (unpaired) electrons. The molecular weight excluding hydrogens is 308 g/mol. The van der Waals surface area contributed by atoms with Gasteiger partial charge in [0.1, 0.15) is 5.84 Å². The second-order valence-electron chi connectivity index (χ2n) is 6.85. The molecule has 0 aliphatic heterocycles. The van der Waals surface area contributed by atoms with E-state index in [2.05, 4.69) is 79.6 Å². The number of aryl methyl sites for hydroxylation is 4. The number of anilines is 2. The molecule has 0 fully saturated rings. The van der Waals surface area contributed by atoms with Crippen molar-refractivity contribution in [2.45, 2.75) is 40.9 Å². The summed E-state index contributed by atoms with van der Waals surface area (Å²) in [7, 11) is 4.06. The molecule has 2 aromatic carbocycles. The smallest absolute Gasteiger partial charge is 0.177 e. The van der Waals surface area contributed by atoms with E-state index in [-0.39, 0.29) is 6.29 Å². The van der Waals surface area contributed by atoms with Crippen LogP contribution in [0.2, 0.25) is 0 Å². The maximum Gasteiger partial charge on any atom is 0.177 e. The molecule has 0 saturated carbocycles. The van der Waals surface area contributed by atoms with Gasteiger partial charge < -0.3 is 10.6 Å². The Kier molecular flexibility index (Phi) is 6.21. The maximum absolute atomic E-state index is 4.85. The van der Waals surface area contributed by atoms with Crippen LogP contribution in [-0.4, -0.2) is 31.1 Å². The first-order valence-corrected chi connectivity index (χ1v) is 8.66. The van der Waals surface area contributed by atoms with Crippen LogP contribution in [0.1, 0.15) is 29.2 Å². The van der Waals surface area contributed by atoms with E-state index in [1.807, 2.05) is 21.0 Å². The van der Waals surface area contributed by atoms with Crippen LogP contribution in [0.25, 0.3) is 0 Å². The van der Waals surface area contributed by atoms with Gasteiger partial charge >= 0.3 is 0 Å². The van der Waals surface area contributed by atoms with E-state index in [4.69, 9.17) is 4.99 Å². The molecule has 2 rings (SSSR count). The number of nitrogens with zero attached hydrogens (tertiary/aromatic N) is 2. The molecule has 134 valence electrons. The number of hydrogen-bond acceptors (Lipinski definition) is 3. The molecule has 25 heavy (non-hydrogen) atoms. The topological polar surface area (TPSA) is 39.7 Å². The van der Waals surface area contributed by atoms with Crippen LogP contribution >= 0.6 is 0 Å². The first-order chi connectivity index (χ1) is 11.8. The fraction of sp³-hybridized carbons (Fsp3) is 0.381. The third-order valence-electron chi connectivity index (χ3n) is 4.35. The Labute approximate surface area is 152 Å². The molecule has 1 unspecified atom stereocenters.